The van der Waals surface area contributed by atoms with Crippen LogP contribution in [-0.4, -0.2) is 245 Å². The number of nitrogens with one attached hydrogen (secondary N) is 4. The minimum absolute atomic E-state index is 0.0160. The molecule has 8 amide bonds. The first kappa shape index (κ1) is 84.8. The highest BCUT2D eigenvalue weighted by molar-refractivity contribution is 6.07. The van der Waals surface area contributed by atoms with Gasteiger partial charge in [0.15, 0.2) is 23.0 Å². The minimum Gasteiger partial charge on any atom is -0.493 e. The Bertz CT molecular complexity index is 3720. The van der Waals surface area contributed by atoms with Crippen LogP contribution in [0.3, 0.4) is 0 Å². The van der Waals surface area contributed by atoms with Crippen LogP contribution in [0.5, 0.6) is 23.0 Å². The number of benzene rings is 3. The second-order valence-corrected chi connectivity index (χ2v) is 29.1. The van der Waals surface area contributed by atoms with E-state index in [1.54, 1.807) is 73.2 Å². The Hall–Kier alpha value is -8.68. The van der Waals surface area contributed by atoms with Crippen LogP contribution in [0.1, 0.15) is 156 Å². The maximum atomic E-state index is 14.2. The summed E-state index contributed by atoms with van der Waals surface area (Å²) in [6.07, 6.45) is 22.3. The first-order valence-corrected chi connectivity index (χ1v) is 39.7. The molecule has 29 nitrogen and oxygen atoms in total. The van der Waals surface area contributed by atoms with Gasteiger partial charge in [-0.15, -0.1) is 0 Å². The highest BCUT2D eigenvalue weighted by Crippen LogP contribution is 2.45. The molecule has 2 saturated carbocycles. The summed E-state index contributed by atoms with van der Waals surface area (Å²) in [6.45, 7) is 11.9. The smallest absolute Gasteiger partial charge is 0.260 e. The SMILES string of the molecule is COc1cc2c(cc1OCCCOc1cc3c(cc1OC)C(=O)N1C=C(C4CC4)C[C@H]1C=N3)N=C[C@@H]1CC(c3ccc(NC(=O)[C@H](C)NC(=O)C(NC(=O)CCOCCOCCOCCOCCOCCOCCOCCOCCNC(=O)CCN4C(=O)CC(C5CCCCCCCCC5)C4=O)C(C)C)cc3)=CN1C2=O. The molecule has 7 aliphatic rings. The minimum atomic E-state index is -0.938. The van der Waals surface area contributed by atoms with E-state index in [4.69, 9.17) is 66.8 Å². The Morgan fingerprint density at radius 2 is 1.01 bits per heavy atom. The first-order chi connectivity index (χ1) is 54.1. The molecule has 0 radical (unpaired) electrons. The van der Waals surface area contributed by atoms with E-state index in [2.05, 4.69) is 21.3 Å². The maximum absolute atomic E-state index is 14.2. The Balaban J connectivity index is 0.503. The van der Waals surface area contributed by atoms with Crippen molar-refractivity contribution in [2.75, 3.05) is 152 Å². The Morgan fingerprint density at radius 1 is 0.514 bits per heavy atom. The number of carbonyl (C=O) groups is 8. The second-order valence-electron chi connectivity index (χ2n) is 29.1. The van der Waals surface area contributed by atoms with Gasteiger partial charge in [0.25, 0.3) is 11.8 Å². The van der Waals surface area contributed by atoms with Crippen LogP contribution >= 0.6 is 0 Å². The lowest BCUT2D eigenvalue weighted by molar-refractivity contribution is -0.140. The molecule has 111 heavy (non-hydrogen) atoms. The maximum Gasteiger partial charge on any atom is 0.260 e. The van der Waals surface area contributed by atoms with Crippen molar-refractivity contribution in [1.82, 2.24) is 30.7 Å². The number of aliphatic imine (C=N–C) groups is 2. The van der Waals surface area contributed by atoms with Crippen molar-refractivity contribution in [1.29, 1.82) is 0 Å². The number of hydrogen-bond donors (Lipinski definition) is 4. The van der Waals surface area contributed by atoms with Gasteiger partial charge in [0.05, 0.1) is 174 Å². The summed E-state index contributed by atoms with van der Waals surface area (Å²) in [5.74, 6) is -0.167. The predicted molar refractivity (Wildman–Crippen MR) is 414 cm³/mol. The van der Waals surface area contributed by atoms with Gasteiger partial charge in [-0.25, -0.2) is 0 Å². The highest BCUT2D eigenvalue weighted by atomic mass is 16.6. The number of amides is 8. The number of nitrogens with zero attached hydrogens (tertiary/aromatic N) is 5. The lowest BCUT2D eigenvalue weighted by Crippen LogP contribution is -2.53. The number of carbonyl (C=O) groups excluding carboxylic acids is 8. The van der Waals surface area contributed by atoms with Crippen LogP contribution in [0, 0.1) is 23.7 Å². The number of methoxy groups -OCH3 is 2. The zero-order valence-electron chi connectivity index (χ0n) is 65.1. The third-order valence-electron chi connectivity index (χ3n) is 20.6. The number of fused-ring (bicyclic) bond motifs is 4. The summed E-state index contributed by atoms with van der Waals surface area (Å²) in [5, 5.41) is 11.2. The fourth-order valence-corrected chi connectivity index (χ4v) is 14.2. The molecular weight excluding hydrogens is 1430 g/mol. The number of hydrogen-bond acceptors (Lipinski definition) is 22. The van der Waals surface area contributed by atoms with Crippen LogP contribution in [0.15, 0.2) is 76.5 Å². The average Bonchev–Trinajstić information content (AvgIpc) is 1.65. The van der Waals surface area contributed by atoms with Crippen molar-refractivity contribution >= 4 is 82.3 Å². The molecule has 0 spiro atoms. The molecular formula is C82H113N9O20. The zero-order chi connectivity index (χ0) is 78.3. The molecule has 5 atom stereocenters. The van der Waals surface area contributed by atoms with Gasteiger partial charge in [0.2, 0.25) is 35.4 Å². The number of anilines is 1. The number of likely N-dealkylation sites (tertiary alicyclic amines) is 1. The van der Waals surface area contributed by atoms with Gasteiger partial charge in [0.1, 0.15) is 12.1 Å². The van der Waals surface area contributed by atoms with Crippen LogP contribution in [0.2, 0.25) is 0 Å². The third-order valence-corrected chi connectivity index (χ3v) is 20.6. The first-order valence-electron chi connectivity index (χ1n) is 39.7. The van der Waals surface area contributed by atoms with Crippen LogP contribution < -0.4 is 40.2 Å². The van der Waals surface area contributed by atoms with Crippen molar-refractivity contribution < 1.29 is 95.2 Å². The molecule has 4 N–H and O–H groups in total. The van der Waals surface area contributed by atoms with Crippen LogP contribution in [0.4, 0.5) is 17.1 Å². The van der Waals surface area contributed by atoms with E-state index in [1.165, 1.54) is 69.6 Å². The summed E-state index contributed by atoms with van der Waals surface area (Å²) in [4.78, 5) is 120. The summed E-state index contributed by atoms with van der Waals surface area (Å²) in [6, 6.07) is 11.7. The van der Waals surface area contributed by atoms with E-state index in [-0.39, 0.29) is 118 Å². The molecule has 29 heteroatoms. The molecule has 3 fully saturated rings. The molecule has 1 saturated heterocycles. The lowest BCUT2D eigenvalue weighted by Gasteiger charge is -2.24. The number of rotatable bonds is 47. The van der Waals surface area contributed by atoms with E-state index < -0.39 is 23.9 Å². The molecule has 10 rings (SSSR count). The Labute approximate surface area is 650 Å². The molecule has 3 aromatic rings. The fraction of sp³-hybridized carbons (Fsp3) is 0.610. The van der Waals surface area contributed by atoms with E-state index in [9.17, 15) is 38.4 Å². The van der Waals surface area contributed by atoms with Gasteiger partial charge in [-0.3, -0.25) is 53.2 Å². The van der Waals surface area contributed by atoms with E-state index in [0.29, 0.717) is 169 Å². The zero-order valence-corrected chi connectivity index (χ0v) is 65.1. The molecule has 3 aromatic carbocycles. The highest BCUT2D eigenvalue weighted by Gasteiger charge is 2.43. The Morgan fingerprint density at radius 3 is 1.52 bits per heavy atom. The van der Waals surface area contributed by atoms with E-state index >= 15 is 0 Å². The van der Waals surface area contributed by atoms with Crippen molar-refractivity contribution in [3.05, 3.63) is 83.2 Å². The summed E-state index contributed by atoms with van der Waals surface area (Å²) in [7, 11) is 3.05. The summed E-state index contributed by atoms with van der Waals surface area (Å²) in [5.41, 5.74) is 5.34. The predicted octanol–water partition coefficient (Wildman–Crippen LogP) is 8.88. The van der Waals surface area contributed by atoms with Gasteiger partial charge in [-0.1, -0.05) is 70.9 Å². The van der Waals surface area contributed by atoms with Gasteiger partial charge >= 0.3 is 0 Å². The number of ether oxygens (including phenoxy) is 12. The molecule has 2 aliphatic carbocycles. The van der Waals surface area contributed by atoms with Crippen LogP contribution in [0.25, 0.3) is 5.57 Å². The fourth-order valence-electron chi connectivity index (χ4n) is 14.2. The van der Waals surface area contributed by atoms with Crippen molar-refractivity contribution in [2.45, 2.75) is 154 Å². The monoisotopic (exact) mass is 1540 g/mol. The second kappa shape index (κ2) is 44.5. The largest absolute Gasteiger partial charge is 0.493 e. The Kier molecular flexibility index (Phi) is 34.0. The molecule has 0 aromatic heterocycles. The summed E-state index contributed by atoms with van der Waals surface area (Å²) >= 11 is 0. The summed E-state index contributed by atoms with van der Waals surface area (Å²) < 4.78 is 68.2. The van der Waals surface area contributed by atoms with Gasteiger partial charge in [-0.2, -0.15) is 0 Å². The third kappa shape index (κ3) is 25.7. The average molecular weight is 1540 g/mol. The van der Waals surface area contributed by atoms with E-state index in [1.807, 2.05) is 30.7 Å². The molecule has 5 aliphatic heterocycles. The van der Waals surface area contributed by atoms with Gasteiger partial charge in [0, 0.05) is 87.8 Å². The van der Waals surface area contributed by atoms with Gasteiger partial charge in [-0.05, 0) is 97.8 Å². The topological polar surface area (TPSA) is 330 Å². The van der Waals surface area contributed by atoms with Gasteiger partial charge < -0.3 is 87.9 Å². The molecule has 5 heterocycles. The number of imide groups is 1. The molecule has 606 valence electrons. The lowest BCUT2D eigenvalue weighted by atomic mass is 9.82. The van der Waals surface area contributed by atoms with Crippen molar-refractivity contribution in [2.24, 2.45) is 33.7 Å². The molecule has 0 bridgehead atoms. The van der Waals surface area contributed by atoms with Crippen molar-refractivity contribution in [3.8, 4) is 23.0 Å². The van der Waals surface area contributed by atoms with Crippen molar-refractivity contribution in [3.63, 3.8) is 0 Å². The standard InChI is InChI=1S/C82H113N9O20/c1-55(2)77(88-75(93)23-28-102-30-32-104-34-36-106-38-40-108-42-43-109-41-39-107-37-35-105-33-31-103-29-24-83-74(92)22-25-89-76(94)48-65(80(89)97)59-14-11-9-7-6-8-10-12-15-59)79(96)86-56(3)78(95)87-62-20-18-58(19-21-62)61-45-64-52-85-69-50-73(71(101-5)47-67(69)82(99)91(64)54-61)111-27-13-26-110-72-49-68-66(46-70(72)100-4)81(98)90-53-60(57-16-17-57)44-63(90)51-84-68/h18-21,46-47,49-57,59,63-65,77H,6-17,22-45,48H2,1-5H3,(H,83,92)(H,86,96)(H,87,95)(H,88,93)/t56-,63-,64-,65?,77?/m0/s1. The normalized spacial score (nSPS) is 19.0. The molecule has 2 unspecified atom stereocenters. The quantitative estimate of drug-likeness (QED) is 0.0303. The van der Waals surface area contributed by atoms with E-state index in [0.717, 1.165) is 43.2 Å². The van der Waals surface area contributed by atoms with Crippen LogP contribution in [-0.2, 0) is 66.7 Å².